The predicted molar refractivity (Wildman–Crippen MR) is 110 cm³/mol. The van der Waals surface area contributed by atoms with Crippen molar-refractivity contribution in [3.05, 3.63) is 66.0 Å². The monoisotopic (exact) mass is 380 g/mol. The van der Waals surface area contributed by atoms with Crippen LogP contribution in [-0.2, 0) is 4.79 Å². The van der Waals surface area contributed by atoms with Gasteiger partial charge in [-0.05, 0) is 36.3 Å². The molecule has 0 saturated carbocycles. The van der Waals surface area contributed by atoms with Crippen molar-refractivity contribution in [2.24, 2.45) is 0 Å². The quantitative estimate of drug-likeness (QED) is 0.391. The molecule has 0 atom stereocenters. The number of amides is 1. The van der Waals surface area contributed by atoms with Gasteiger partial charge in [0.2, 0.25) is 0 Å². The third kappa shape index (κ3) is 4.03. The van der Waals surface area contributed by atoms with E-state index < -0.39 is 0 Å². The summed E-state index contributed by atoms with van der Waals surface area (Å²) in [5.41, 5.74) is 3.96. The van der Waals surface area contributed by atoms with E-state index in [1.165, 1.54) is 0 Å². The van der Waals surface area contributed by atoms with Crippen LogP contribution in [0.4, 0.5) is 0 Å². The summed E-state index contributed by atoms with van der Waals surface area (Å²) in [6.45, 7) is 6.40. The van der Waals surface area contributed by atoms with Crippen molar-refractivity contribution in [1.29, 1.82) is 0 Å². The number of thiol groups is 1. The number of hydrogen-bond acceptors (Lipinski definition) is 5. The molecule has 0 aliphatic rings. The molecule has 7 heteroatoms. The smallest absolute Gasteiger partial charge is 0.257 e. The molecule has 0 radical (unpaired) electrons. The van der Waals surface area contributed by atoms with Gasteiger partial charge in [-0.2, -0.15) is 5.10 Å². The molecule has 1 amide bonds. The molecule has 0 unspecified atom stereocenters. The lowest BCUT2D eigenvalue weighted by Gasteiger charge is -2.05. The Labute approximate surface area is 163 Å². The summed E-state index contributed by atoms with van der Waals surface area (Å²) in [5, 5.41) is 7.06. The highest BCUT2D eigenvalue weighted by Gasteiger charge is 2.11. The summed E-state index contributed by atoms with van der Waals surface area (Å²) in [7, 11) is 1.64. The van der Waals surface area contributed by atoms with Crippen LogP contribution < -0.4 is 10.1 Å². The van der Waals surface area contributed by atoms with Gasteiger partial charge < -0.3 is 10.1 Å². The lowest BCUT2D eigenvalue weighted by molar-refractivity contribution is -0.116. The van der Waals surface area contributed by atoms with Gasteiger partial charge in [0, 0.05) is 30.1 Å². The number of nitrogens with zero attached hydrogens (tertiary/aromatic N) is 3. The Morgan fingerprint density at radius 3 is 2.70 bits per heavy atom. The summed E-state index contributed by atoms with van der Waals surface area (Å²) < 4.78 is 6.88. The molecule has 1 aromatic carbocycles. The highest BCUT2D eigenvalue weighted by atomic mass is 32.1. The number of aromatic nitrogens is 3. The van der Waals surface area contributed by atoms with E-state index in [1.54, 1.807) is 30.1 Å². The maximum Gasteiger partial charge on any atom is 0.257 e. The van der Waals surface area contributed by atoms with E-state index in [0.29, 0.717) is 17.8 Å². The molecular weight excluding hydrogens is 360 g/mol. The van der Waals surface area contributed by atoms with Gasteiger partial charge >= 0.3 is 0 Å². The number of ether oxygens (including phenoxy) is 1. The van der Waals surface area contributed by atoms with Gasteiger partial charge in [0.25, 0.3) is 5.91 Å². The fourth-order valence-electron chi connectivity index (χ4n) is 2.59. The minimum atomic E-state index is -0.242. The predicted octanol–water partition coefficient (Wildman–Crippen LogP) is 3.37. The van der Waals surface area contributed by atoms with Gasteiger partial charge in [-0.15, -0.1) is 12.6 Å². The molecule has 0 fully saturated rings. The summed E-state index contributed by atoms with van der Waals surface area (Å²) >= 11 is 4.23. The second kappa shape index (κ2) is 8.09. The molecule has 2 heterocycles. The molecule has 2 aromatic heterocycles. The fourth-order valence-corrected chi connectivity index (χ4v) is 2.83. The van der Waals surface area contributed by atoms with Crippen molar-refractivity contribution >= 4 is 29.8 Å². The Hall–Kier alpha value is -3.06. The highest BCUT2D eigenvalue weighted by Crippen LogP contribution is 2.25. The van der Waals surface area contributed by atoms with Crippen LogP contribution in [0, 0.1) is 0 Å². The van der Waals surface area contributed by atoms with Crippen LogP contribution in [0.2, 0.25) is 0 Å². The van der Waals surface area contributed by atoms with Crippen LogP contribution in [0.15, 0.2) is 60.4 Å². The zero-order chi connectivity index (χ0) is 19.4. The normalized spacial score (nSPS) is 11.4. The first-order valence-corrected chi connectivity index (χ1v) is 8.84. The number of hydrogen-bond donors (Lipinski definition) is 2. The second-order valence-electron chi connectivity index (χ2n) is 5.81. The molecule has 6 nitrogen and oxygen atoms in total. The second-order valence-corrected chi connectivity index (χ2v) is 6.29. The number of methoxy groups -OCH3 is 1. The largest absolute Gasteiger partial charge is 0.497 e. The number of fused-ring (bicyclic) bond motifs is 1. The van der Waals surface area contributed by atoms with Gasteiger partial charge in [-0.25, -0.2) is 9.50 Å². The van der Waals surface area contributed by atoms with E-state index in [1.807, 2.05) is 37.4 Å². The average molecular weight is 380 g/mol. The molecule has 0 bridgehead atoms. The Balaban J connectivity index is 1.90. The van der Waals surface area contributed by atoms with Crippen molar-refractivity contribution in [3.63, 3.8) is 0 Å². The molecule has 3 aromatic rings. The molecular formula is C20H20N4O2S. The van der Waals surface area contributed by atoms with E-state index in [9.17, 15) is 4.79 Å². The Bertz CT molecular complexity index is 1020. The maximum atomic E-state index is 11.8. The summed E-state index contributed by atoms with van der Waals surface area (Å²) in [5.74, 6) is 0.556. The van der Waals surface area contributed by atoms with Gasteiger partial charge in [-0.3, -0.25) is 4.79 Å². The van der Waals surface area contributed by atoms with Crippen molar-refractivity contribution in [3.8, 4) is 16.9 Å². The first-order chi connectivity index (χ1) is 13.0. The molecule has 1 N–H and O–H groups in total. The minimum absolute atomic E-state index is 0.242. The Kier molecular flexibility index (Phi) is 5.61. The Morgan fingerprint density at radius 2 is 2.04 bits per heavy atom. The zero-order valence-corrected chi connectivity index (χ0v) is 16.0. The first kappa shape index (κ1) is 18.7. The molecule has 27 heavy (non-hydrogen) atoms. The van der Waals surface area contributed by atoms with Gasteiger partial charge in [0.15, 0.2) is 5.65 Å². The summed E-state index contributed by atoms with van der Waals surface area (Å²) in [6, 6.07) is 7.73. The first-order valence-electron chi connectivity index (χ1n) is 8.39. The number of rotatable bonds is 6. The van der Waals surface area contributed by atoms with E-state index in [0.717, 1.165) is 22.4 Å². The number of carbonyl (C=O) groups is 1. The van der Waals surface area contributed by atoms with Crippen LogP contribution >= 0.6 is 12.6 Å². The molecule has 3 rings (SSSR count). The van der Waals surface area contributed by atoms with E-state index in [2.05, 4.69) is 34.6 Å². The topological polar surface area (TPSA) is 68.5 Å². The van der Waals surface area contributed by atoms with Crippen molar-refractivity contribution in [1.82, 2.24) is 19.9 Å². The van der Waals surface area contributed by atoms with E-state index in [-0.39, 0.29) is 10.8 Å². The van der Waals surface area contributed by atoms with Gasteiger partial charge in [0.05, 0.1) is 18.2 Å². The maximum absolute atomic E-state index is 11.8. The number of allylic oxidation sites excluding steroid dienone is 2. The molecule has 0 aliphatic heterocycles. The number of likely N-dealkylation sites (N-methyl/N-ethyl adjacent to an activating group) is 1. The lowest BCUT2D eigenvalue weighted by Crippen LogP contribution is -2.22. The average Bonchev–Trinajstić information content (AvgIpc) is 3.11. The SMILES string of the molecule is C=C(C=C(S)C(=O)NCC)c1cnn2cc(-c3ccc(OC)cc3)cnc12. The zero-order valence-electron chi connectivity index (χ0n) is 15.1. The van der Waals surface area contributed by atoms with Crippen LogP contribution in [0.5, 0.6) is 5.75 Å². The van der Waals surface area contributed by atoms with Crippen LogP contribution in [-0.4, -0.2) is 34.2 Å². The van der Waals surface area contributed by atoms with Gasteiger partial charge in [-0.1, -0.05) is 18.7 Å². The number of nitrogens with one attached hydrogen (secondary N) is 1. The standard InChI is InChI=1S/C20H20N4O2S/c1-4-21-20(25)18(27)9-13(2)17-11-23-24-12-15(10-22-19(17)24)14-5-7-16(26-3)8-6-14/h5-12,27H,2,4H2,1,3H3,(H,21,25). The third-order valence-corrected chi connectivity index (χ3v) is 4.34. The van der Waals surface area contributed by atoms with Crippen molar-refractivity contribution in [2.45, 2.75) is 6.92 Å². The number of carbonyl (C=O) groups excluding carboxylic acids is 1. The molecule has 0 aliphatic carbocycles. The lowest BCUT2D eigenvalue weighted by atomic mass is 10.1. The van der Waals surface area contributed by atoms with Gasteiger partial charge in [0.1, 0.15) is 5.75 Å². The molecule has 0 saturated heterocycles. The molecule has 0 spiro atoms. The van der Waals surface area contributed by atoms with Crippen LogP contribution in [0.25, 0.3) is 22.3 Å². The van der Waals surface area contributed by atoms with Crippen LogP contribution in [0.3, 0.4) is 0 Å². The minimum Gasteiger partial charge on any atom is -0.497 e. The summed E-state index contributed by atoms with van der Waals surface area (Å²) in [4.78, 5) is 16.6. The fraction of sp³-hybridized carbons (Fsp3) is 0.150. The van der Waals surface area contributed by atoms with E-state index in [4.69, 9.17) is 4.74 Å². The number of benzene rings is 1. The highest BCUT2D eigenvalue weighted by molar-refractivity contribution is 7.85. The molecule has 138 valence electrons. The van der Waals surface area contributed by atoms with E-state index >= 15 is 0 Å². The van der Waals surface area contributed by atoms with Crippen molar-refractivity contribution in [2.75, 3.05) is 13.7 Å². The van der Waals surface area contributed by atoms with Crippen molar-refractivity contribution < 1.29 is 9.53 Å². The van der Waals surface area contributed by atoms with Crippen LogP contribution in [0.1, 0.15) is 12.5 Å². The Morgan fingerprint density at radius 1 is 1.30 bits per heavy atom. The third-order valence-electron chi connectivity index (χ3n) is 4.01. The summed E-state index contributed by atoms with van der Waals surface area (Å²) in [6.07, 6.45) is 6.97.